The van der Waals surface area contributed by atoms with Gasteiger partial charge in [-0.05, 0) is 55.4 Å². The molecule has 0 unspecified atom stereocenters. The highest BCUT2D eigenvalue weighted by atomic mass is 16.2. The first kappa shape index (κ1) is 16.0. The van der Waals surface area contributed by atoms with E-state index in [-0.39, 0.29) is 12.1 Å². The highest BCUT2D eigenvalue weighted by Crippen LogP contribution is 2.31. The zero-order valence-electron chi connectivity index (χ0n) is 14.5. The lowest BCUT2D eigenvalue weighted by Gasteiger charge is -2.30. The zero-order valence-corrected chi connectivity index (χ0v) is 14.5. The molecule has 1 saturated heterocycles. The first-order chi connectivity index (χ1) is 12.3. The Morgan fingerprint density at radius 1 is 0.960 bits per heavy atom. The van der Waals surface area contributed by atoms with Gasteiger partial charge in [0, 0.05) is 13.1 Å². The van der Waals surface area contributed by atoms with Crippen molar-refractivity contribution >= 4 is 17.4 Å². The summed E-state index contributed by atoms with van der Waals surface area (Å²) < 4.78 is 0. The van der Waals surface area contributed by atoms with Crippen LogP contribution in [0.3, 0.4) is 0 Å². The van der Waals surface area contributed by atoms with Gasteiger partial charge >= 0.3 is 6.03 Å². The predicted octanol–water partition coefficient (Wildman–Crippen LogP) is 4.49. The molecular formula is C21H25N3O. The maximum atomic E-state index is 12.6. The Hall–Kier alpha value is -2.49. The van der Waals surface area contributed by atoms with Crippen LogP contribution >= 0.6 is 0 Å². The average Bonchev–Trinajstić information content (AvgIpc) is 3.06. The fourth-order valence-corrected chi connectivity index (χ4v) is 4.01. The summed E-state index contributed by atoms with van der Waals surface area (Å²) in [4.78, 5) is 15.0. The highest BCUT2D eigenvalue weighted by molar-refractivity contribution is 5.93. The molecule has 130 valence electrons. The summed E-state index contributed by atoms with van der Waals surface area (Å²) in [5.74, 6) is 0. The van der Waals surface area contributed by atoms with Crippen LogP contribution in [0.1, 0.15) is 42.9 Å². The maximum absolute atomic E-state index is 12.6. The quantitative estimate of drug-likeness (QED) is 0.868. The van der Waals surface area contributed by atoms with Gasteiger partial charge in [-0.25, -0.2) is 4.79 Å². The molecule has 1 aliphatic carbocycles. The molecule has 0 aromatic heterocycles. The lowest BCUT2D eigenvalue weighted by Crippen LogP contribution is -2.34. The van der Waals surface area contributed by atoms with Crippen molar-refractivity contribution in [3.63, 3.8) is 0 Å². The van der Waals surface area contributed by atoms with E-state index >= 15 is 0 Å². The van der Waals surface area contributed by atoms with Crippen LogP contribution in [0.4, 0.5) is 16.2 Å². The molecule has 2 aromatic rings. The number of nitrogens with one attached hydrogen (secondary N) is 2. The summed E-state index contributed by atoms with van der Waals surface area (Å²) >= 11 is 0. The molecule has 4 rings (SSSR count). The van der Waals surface area contributed by atoms with Gasteiger partial charge in [0.1, 0.15) is 0 Å². The largest absolute Gasteiger partial charge is 0.370 e. The standard InChI is InChI=1S/C21H25N3O/c25-21(22-18-13-12-16-8-2-3-9-17(16)18)23-19-10-4-5-11-20(19)24-14-6-1-7-15-24/h2-5,8-11,18H,1,6-7,12-15H2,(H2,22,23,25)/t18-/m0/s1. The highest BCUT2D eigenvalue weighted by Gasteiger charge is 2.24. The van der Waals surface area contributed by atoms with Gasteiger partial charge in [-0.2, -0.15) is 0 Å². The van der Waals surface area contributed by atoms with E-state index in [4.69, 9.17) is 0 Å². The second-order valence-corrected chi connectivity index (χ2v) is 6.95. The van der Waals surface area contributed by atoms with Gasteiger partial charge in [-0.1, -0.05) is 36.4 Å². The number of benzene rings is 2. The number of carbonyl (C=O) groups excluding carboxylic acids is 1. The molecule has 1 atom stereocenters. The topological polar surface area (TPSA) is 44.4 Å². The number of amides is 2. The minimum Gasteiger partial charge on any atom is -0.370 e. The van der Waals surface area contributed by atoms with Crippen molar-refractivity contribution in [3.8, 4) is 0 Å². The summed E-state index contributed by atoms with van der Waals surface area (Å²) in [6, 6.07) is 16.5. The van der Waals surface area contributed by atoms with Crippen LogP contribution in [0, 0.1) is 0 Å². The molecule has 1 aliphatic heterocycles. The van der Waals surface area contributed by atoms with Crippen LogP contribution in [0.15, 0.2) is 48.5 Å². The number of rotatable bonds is 3. The number of piperidine rings is 1. The molecule has 1 heterocycles. The number of hydrogen-bond donors (Lipinski definition) is 2. The van der Waals surface area contributed by atoms with Crippen molar-refractivity contribution in [3.05, 3.63) is 59.7 Å². The number of aryl methyl sites for hydroxylation is 1. The molecule has 2 aromatic carbocycles. The van der Waals surface area contributed by atoms with Crippen molar-refractivity contribution in [2.24, 2.45) is 0 Å². The molecule has 0 bridgehead atoms. The van der Waals surface area contributed by atoms with Gasteiger partial charge in [-0.3, -0.25) is 0 Å². The van der Waals surface area contributed by atoms with E-state index in [2.05, 4.69) is 39.8 Å². The number of urea groups is 1. The number of nitrogens with zero attached hydrogens (tertiary/aromatic N) is 1. The molecule has 0 radical (unpaired) electrons. The number of carbonyl (C=O) groups is 1. The second-order valence-electron chi connectivity index (χ2n) is 6.95. The molecule has 2 amide bonds. The van der Waals surface area contributed by atoms with Gasteiger partial charge in [-0.15, -0.1) is 0 Å². The molecule has 2 N–H and O–H groups in total. The van der Waals surface area contributed by atoms with Crippen molar-refractivity contribution in [2.75, 3.05) is 23.3 Å². The first-order valence-electron chi connectivity index (χ1n) is 9.30. The average molecular weight is 335 g/mol. The van der Waals surface area contributed by atoms with Crippen LogP contribution in [-0.4, -0.2) is 19.1 Å². The summed E-state index contributed by atoms with van der Waals surface area (Å²) in [5, 5.41) is 6.22. The Bertz CT molecular complexity index is 752. The van der Waals surface area contributed by atoms with Gasteiger partial charge in [0.05, 0.1) is 17.4 Å². The van der Waals surface area contributed by atoms with Crippen molar-refractivity contribution in [1.29, 1.82) is 0 Å². The predicted molar refractivity (Wildman–Crippen MR) is 102 cm³/mol. The van der Waals surface area contributed by atoms with Gasteiger partial charge in [0.15, 0.2) is 0 Å². The van der Waals surface area contributed by atoms with Gasteiger partial charge < -0.3 is 15.5 Å². The van der Waals surface area contributed by atoms with Crippen LogP contribution in [0.25, 0.3) is 0 Å². The first-order valence-corrected chi connectivity index (χ1v) is 9.30. The van der Waals surface area contributed by atoms with Crippen LogP contribution in [0.2, 0.25) is 0 Å². The Labute approximate surface area is 149 Å². The van der Waals surface area contributed by atoms with E-state index in [1.807, 2.05) is 24.3 Å². The van der Waals surface area contributed by atoms with E-state index in [0.717, 1.165) is 37.3 Å². The molecule has 1 fully saturated rings. The molecular weight excluding hydrogens is 310 g/mol. The lowest BCUT2D eigenvalue weighted by atomic mass is 10.1. The van der Waals surface area contributed by atoms with Crippen molar-refractivity contribution < 1.29 is 4.79 Å². The van der Waals surface area contributed by atoms with Crippen LogP contribution in [-0.2, 0) is 6.42 Å². The summed E-state index contributed by atoms with van der Waals surface area (Å²) in [7, 11) is 0. The van der Waals surface area contributed by atoms with Crippen molar-refractivity contribution in [1.82, 2.24) is 5.32 Å². The fourth-order valence-electron chi connectivity index (χ4n) is 4.01. The molecule has 4 nitrogen and oxygen atoms in total. The minimum absolute atomic E-state index is 0.110. The normalized spacial score (nSPS) is 19.4. The molecule has 2 aliphatic rings. The Balaban J connectivity index is 1.45. The zero-order chi connectivity index (χ0) is 17.1. The number of para-hydroxylation sites is 2. The maximum Gasteiger partial charge on any atom is 0.319 e. The van der Waals surface area contributed by atoms with E-state index in [1.165, 1.54) is 30.4 Å². The van der Waals surface area contributed by atoms with Crippen LogP contribution in [0.5, 0.6) is 0 Å². The molecule has 0 saturated carbocycles. The van der Waals surface area contributed by atoms with Crippen LogP contribution < -0.4 is 15.5 Å². The molecule has 25 heavy (non-hydrogen) atoms. The van der Waals surface area contributed by atoms with Gasteiger partial charge in [0.25, 0.3) is 0 Å². The fraction of sp³-hybridized carbons (Fsp3) is 0.381. The summed E-state index contributed by atoms with van der Waals surface area (Å²) in [6.45, 7) is 2.13. The third-order valence-electron chi connectivity index (χ3n) is 5.29. The second kappa shape index (κ2) is 7.18. The SMILES string of the molecule is O=C(Nc1ccccc1N1CCCCC1)N[C@H]1CCc2ccccc21. The van der Waals surface area contributed by atoms with E-state index in [0.29, 0.717) is 0 Å². The number of anilines is 2. The minimum atomic E-state index is -0.119. The van der Waals surface area contributed by atoms with E-state index < -0.39 is 0 Å². The Morgan fingerprint density at radius 2 is 1.72 bits per heavy atom. The Morgan fingerprint density at radius 3 is 2.60 bits per heavy atom. The van der Waals surface area contributed by atoms with Crippen molar-refractivity contribution in [2.45, 2.75) is 38.1 Å². The van der Waals surface area contributed by atoms with E-state index in [9.17, 15) is 4.79 Å². The third-order valence-corrected chi connectivity index (χ3v) is 5.29. The Kier molecular flexibility index (Phi) is 4.59. The van der Waals surface area contributed by atoms with E-state index in [1.54, 1.807) is 0 Å². The van der Waals surface area contributed by atoms with Gasteiger partial charge in [0.2, 0.25) is 0 Å². The number of fused-ring (bicyclic) bond motifs is 1. The molecule has 4 heteroatoms. The summed E-state index contributed by atoms with van der Waals surface area (Å²) in [6.07, 6.45) is 5.75. The monoisotopic (exact) mass is 335 g/mol. The molecule has 0 spiro atoms. The number of hydrogen-bond acceptors (Lipinski definition) is 2. The third kappa shape index (κ3) is 3.48. The smallest absolute Gasteiger partial charge is 0.319 e. The lowest BCUT2D eigenvalue weighted by molar-refractivity contribution is 0.248. The summed E-state index contributed by atoms with van der Waals surface area (Å²) in [5.41, 5.74) is 4.63.